The fraction of sp³-hybridized carbons (Fsp3) is 0.833. The molecule has 0 saturated heterocycles. The number of hydrogen-bond acceptors (Lipinski definition) is 4. The van der Waals surface area contributed by atoms with Crippen LogP contribution in [0.25, 0.3) is 0 Å². The van der Waals surface area contributed by atoms with Crippen molar-refractivity contribution in [2.45, 2.75) is 57.8 Å². The fourth-order valence-electron chi connectivity index (χ4n) is 2.40. The van der Waals surface area contributed by atoms with E-state index in [1.165, 1.54) is 6.42 Å². The minimum Gasteiger partial charge on any atom is -0.381 e. The number of hydrogen-bond donors (Lipinski definition) is 1. The molecule has 5 heteroatoms. The summed E-state index contributed by atoms with van der Waals surface area (Å²) in [6.07, 6.45) is 6.63. The summed E-state index contributed by atoms with van der Waals surface area (Å²) in [4.78, 5) is 4.29. The van der Waals surface area contributed by atoms with Crippen LogP contribution in [0.3, 0.4) is 0 Å². The van der Waals surface area contributed by atoms with E-state index < -0.39 is 0 Å². The van der Waals surface area contributed by atoms with Crippen molar-refractivity contribution in [3.05, 3.63) is 12.2 Å². The van der Waals surface area contributed by atoms with Crippen molar-refractivity contribution in [2.75, 3.05) is 7.11 Å². The molecular weight excluding hydrogens is 216 g/mol. The second-order valence-electron chi connectivity index (χ2n) is 4.65. The van der Waals surface area contributed by atoms with E-state index in [-0.39, 0.29) is 0 Å². The van der Waals surface area contributed by atoms with E-state index >= 15 is 0 Å². The number of nitrogens with zero attached hydrogens (tertiary/aromatic N) is 3. The lowest BCUT2D eigenvalue weighted by atomic mass is 10.2. The molecule has 0 radical (unpaired) electrons. The maximum atomic E-state index is 5.37. The third-order valence-electron chi connectivity index (χ3n) is 3.40. The number of aromatic nitrogens is 3. The number of rotatable bonds is 6. The fourth-order valence-corrected chi connectivity index (χ4v) is 2.40. The summed E-state index contributed by atoms with van der Waals surface area (Å²) in [5, 5.41) is 7.77. The zero-order valence-corrected chi connectivity index (χ0v) is 10.7. The largest absolute Gasteiger partial charge is 0.381 e. The van der Waals surface area contributed by atoms with Crippen molar-refractivity contribution in [3.8, 4) is 0 Å². The zero-order chi connectivity index (χ0) is 12.1. The Bertz CT molecular complexity index is 339. The van der Waals surface area contributed by atoms with Crippen LogP contribution in [0.1, 0.15) is 38.4 Å². The smallest absolute Gasteiger partial charge is 0.140 e. The maximum absolute atomic E-state index is 5.37. The van der Waals surface area contributed by atoms with Crippen molar-refractivity contribution in [2.24, 2.45) is 0 Å². The standard InChI is InChI=1S/C12H22N4O/c1-3-6-16-12(14-9-15-16)8-13-10-4-5-11(7-10)17-2/h9-11,13H,3-8H2,1-2H3. The Labute approximate surface area is 103 Å². The van der Waals surface area contributed by atoms with Crippen molar-refractivity contribution in [1.82, 2.24) is 20.1 Å². The minimum atomic E-state index is 0.431. The first-order valence-electron chi connectivity index (χ1n) is 6.46. The summed E-state index contributed by atoms with van der Waals surface area (Å²) >= 11 is 0. The highest BCUT2D eigenvalue weighted by atomic mass is 16.5. The third kappa shape index (κ3) is 3.26. The highest BCUT2D eigenvalue weighted by Crippen LogP contribution is 2.21. The van der Waals surface area contributed by atoms with E-state index in [1.54, 1.807) is 13.4 Å². The van der Waals surface area contributed by atoms with E-state index in [0.717, 1.165) is 38.2 Å². The van der Waals surface area contributed by atoms with E-state index in [2.05, 4.69) is 22.3 Å². The van der Waals surface area contributed by atoms with Gasteiger partial charge in [0.15, 0.2) is 0 Å². The summed E-state index contributed by atoms with van der Waals surface area (Å²) in [6, 6.07) is 0.562. The van der Waals surface area contributed by atoms with Gasteiger partial charge in [0.2, 0.25) is 0 Å². The summed E-state index contributed by atoms with van der Waals surface area (Å²) in [7, 11) is 1.80. The molecule has 0 aliphatic heterocycles. The molecule has 96 valence electrons. The van der Waals surface area contributed by atoms with Crippen LogP contribution in [-0.2, 0) is 17.8 Å². The molecule has 5 nitrogen and oxygen atoms in total. The summed E-state index contributed by atoms with van der Waals surface area (Å²) in [6.45, 7) is 3.91. The molecule has 1 saturated carbocycles. The minimum absolute atomic E-state index is 0.431. The molecular formula is C12H22N4O. The monoisotopic (exact) mass is 238 g/mol. The average Bonchev–Trinajstić information content (AvgIpc) is 2.95. The maximum Gasteiger partial charge on any atom is 0.140 e. The zero-order valence-electron chi connectivity index (χ0n) is 10.7. The Balaban J connectivity index is 1.79. The number of aryl methyl sites for hydroxylation is 1. The summed E-state index contributed by atoms with van der Waals surface area (Å²) in [5.41, 5.74) is 0. The van der Waals surface area contributed by atoms with Gasteiger partial charge in [0, 0.05) is 19.7 Å². The molecule has 1 N–H and O–H groups in total. The Morgan fingerprint density at radius 2 is 2.41 bits per heavy atom. The van der Waals surface area contributed by atoms with Crippen LogP contribution in [0, 0.1) is 0 Å². The van der Waals surface area contributed by atoms with E-state index in [4.69, 9.17) is 4.74 Å². The molecule has 0 amide bonds. The second-order valence-corrected chi connectivity index (χ2v) is 4.65. The Kier molecular flexibility index (Phi) is 4.50. The molecule has 1 fully saturated rings. The van der Waals surface area contributed by atoms with Gasteiger partial charge in [0.1, 0.15) is 12.2 Å². The predicted octanol–water partition coefficient (Wildman–Crippen LogP) is 1.35. The van der Waals surface area contributed by atoms with Gasteiger partial charge in [0.05, 0.1) is 12.6 Å². The first-order valence-corrected chi connectivity index (χ1v) is 6.46. The van der Waals surface area contributed by atoms with Crippen LogP contribution < -0.4 is 5.32 Å². The molecule has 2 atom stereocenters. The van der Waals surface area contributed by atoms with Gasteiger partial charge < -0.3 is 10.1 Å². The van der Waals surface area contributed by atoms with Gasteiger partial charge in [-0.05, 0) is 25.7 Å². The SMILES string of the molecule is CCCn1ncnc1CNC1CCC(OC)C1. The van der Waals surface area contributed by atoms with Crippen molar-refractivity contribution in [3.63, 3.8) is 0 Å². The van der Waals surface area contributed by atoms with Crippen LogP contribution in [0.4, 0.5) is 0 Å². The van der Waals surface area contributed by atoms with Gasteiger partial charge in [-0.15, -0.1) is 0 Å². The third-order valence-corrected chi connectivity index (χ3v) is 3.40. The van der Waals surface area contributed by atoms with Crippen LogP contribution in [0.5, 0.6) is 0 Å². The number of ether oxygens (including phenoxy) is 1. The Morgan fingerprint density at radius 3 is 3.12 bits per heavy atom. The van der Waals surface area contributed by atoms with Gasteiger partial charge in [-0.25, -0.2) is 9.67 Å². The molecule has 0 bridgehead atoms. The first kappa shape index (κ1) is 12.5. The van der Waals surface area contributed by atoms with Gasteiger partial charge in [0.25, 0.3) is 0 Å². The lowest BCUT2D eigenvalue weighted by Crippen LogP contribution is -2.28. The van der Waals surface area contributed by atoms with E-state index in [0.29, 0.717) is 12.1 Å². The lowest BCUT2D eigenvalue weighted by molar-refractivity contribution is 0.107. The molecule has 0 aromatic carbocycles. The second kappa shape index (κ2) is 6.12. The Hall–Kier alpha value is -0.940. The predicted molar refractivity (Wildman–Crippen MR) is 65.6 cm³/mol. The van der Waals surface area contributed by atoms with E-state index in [1.807, 2.05) is 4.68 Å². The van der Waals surface area contributed by atoms with Crippen molar-refractivity contribution >= 4 is 0 Å². The molecule has 2 unspecified atom stereocenters. The van der Waals surface area contributed by atoms with E-state index in [9.17, 15) is 0 Å². The summed E-state index contributed by atoms with van der Waals surface area (Å²) in [5.74, 6) is 1.03. The topological polar surface area (TPSA) is 52.0 Å². The normalized spacial score (nSPS) is 24.4. The molecule has 1 aliphatic carbocycles. The lowest BCUT2D eigenvalue weighted by Gasteiger charge is -2.12. The molecule has 2 rings (SSSR count). The first-order chi connectivity index (χ1) is 8.33. The highest BCUT2D eigenvalue weighted by Gasteiger charge is 2.24. The molecule has 0 spiro atoms. The van der Waals surface area contributed by atoms with Crippen LogP contribution >= 0.6 is 0 Å². The highest BCUT2D eigenvalue weighted by molar-refractivity contribution is 4.87. The van der Waals surface area contributed by atoms with Gasteiger partial charge >= 0.3 is 0 Å². The number of nitrogens with one attached hydrogen (secondary N) is 1. The molecule has 1 heterocycles. The quantitative estimate of drug-likeness (QED) is 0.812. The van der Waals surface area contributed by atoms with Crippen LogP contribution in [0.2, 0.25) is 0 Å². The van der Waals surface area contributed by atoms with Crippen molar-refractivity contribution in [1.29, 1.82) is 0 Å². The molecule has 1 aliphatic rings. The van der Waals surface area contributed by atoms with Gasteiger partial charge in [-0.1, -0.05) is 6.92 Å². The average molecular weight is 238 g/mol. The number of methoxy groups -OCH3 is 1. The van der Waals surface area contributed by atoms with Gasteiger partial charge in [-0.3, -0.25) is 0 Å². The molecule has 17 heavy (non-hydrogen) atoms. The Morgan fingerprint density at radius 1 is 1.53 bits per heavy atom. The molecule has 1 aromatic heterocycles. The molecule has 1 aromatic rings. The van der Waals surface area contributed by atoms with Crippen molar-refractivity contribution < 1.29 is 4.74 Å². The van der Waals surface area contributed by atoms with Gasteiger partial charge in [-0.2, -0.15) is 5.10 Å². The van der Waals surface area contributed by atoms with Crippen LogP contribution in [-0.4, -0.2) is 34.0 Å². The summed E-state index contributed by atoms with van der Waals surface area (Å²) < 4.78 is 7.35. The van der Waals surface area contributed by atoms with Crippen LogP contribution in [0.15, 0.2) is 6.33 Å².